The quantitative estimate of drug-likeness (QED) is 0.259. The van der Waals surface area contributed by atoms with E-state index in [9.17, 15) is 14.7 Å². The molecule has 0 saturated carbocycles. The molecule has 9 nitrogen and oxygen atoms in total. The molecule has 0 heterocycles. The zero-order chi connectivity index (χ0) is 26.1. The number of hydrogen-bond acceptors (Lipinski definition) is 7. The molecule has 0 aliphatic heterocycles. The van der Waals surface area contributed by atoms with Crippen LogP contribution in [0.2, 0.25) is 0 Å². The number of amides is 2. The fraction of sp³-hybridized carbons (Fsp3) is 0.148. The molecule has 184 valence electrons. The molecule has 0 unspecified atom stereocenters. The van der Waals surface area contributed by atoms with Gasteiger partial charge in [0.1, 0.15) is 6.10 Å². The van der Waals surface area contributed by atoms with Crippen LogP contribution >= 0.6 is 0 Å². The molecule has 36 heavy (non-hydrogen) atoms. The topological polar surface area (TPSA) is 147 Å². The smallest absolute Gasteiger partial charge is 0.412 e. The summed E-state index contributed by atoms with van der Waals surface area (Å²) >= 11 is 0. The van der Waals surface area contributed by atoms with Crippen molar-refractivity contribution >= 4 is 29.1 Å². The summed E-state index contributed by atoms with van der Waals surface area (Å²) in [6, 6.07) is 19.8. The van der Waals surface area contributed by atoms with Gasteiger partial charge in [0.25, 0.3) is 0 Å². The number of benzene rings is 3. The summed E-state index contributed by atoms with van der Waals surface area (Å²) in [5, 5.41) is 24.5. The molecule has 0 radical (unpaired) electrons. The van der Waals surface area contributed by atoms with E-state index in [1.165, 1.54) is 19.3 Å². The average Bonchev–Trinajstić information content (AvgIpc) is 2.87. The summed E-state index contributed by atoms with van der Waals surface area (Å²) in [6.45, 7) is 1.77. The van der Waals surface area contributed by atoms with Crippen LogP contribution in [0, 0.1) is 17.2 Å². The first-order valence-electron chi connectivity index (χ1n) is 11.0. The summed E-state index contributed by atoms with van der Waals surface area (Å²) < 4.78 is 10.8. The van der Waals surface area contributed by atoms with Gasteiger partial charge in [-0.15, -0.1) is 0 Å². The lowest BCUT2D eigenvalue weighted by atomic mass is 9.96. The van der Waals surface area contributed by atoms with Crippen molar-refractivity contribution in [2.45, 2.75) is 13.0 Å². The number of methoxy groups -OCH3 is 1. The Bertz CT molecular complexity index is 1300. The number of para-hydroxylation sites is 2. The van der Waals surface area contributed by atoms with E-state index in [0.717, 1.165) is 0 Å². The van der Waals surface area contributed by atoms with Crippen molar-refractivity contribution in [1.82, 2.24) is 0 Å². The van der Waals surface area contributed by atoms with Gasteiger partial charge in [-0.1, -0.05) is 31.2 Å². The molecule has 0 bridgehead atoms. The standard InChI is InChI=1S/C27H26N4O5/c1-17(7-14-25(33)31-22-6-4-3-5-21(22)29)26(19-10-13-24(35-2)23(32)15-19)36-27(34)30-20-11-8-18(16-28)9-12-20/h3-15,17,26,32H,29H2,1-2H3,(H,30,34)(H,31,33)/b14-7+/t17-,26-/m0/s1. The number of carbonyl (C=O) groups is 2. The second-order valence-electron chi connectivity index (χ2n) is 7.87. The van der Waals surface area contributed by atoms with Crippen molar-refractivity contribution in [3.63, 3.8) is 0 Å². The lowest BCUT2D eigenvalue weighted by Gasteiger charge is -2.23. The van der Waals surface area contributed by atoms with Crippen molar-refractivity contribution in [2.24, 2.45) is 5.92 Å². The van der Waals surface area contributed by atoms with Gasteiger partial charge in [-0.3, -0.25) is 10.1 Å². The van der Waals surface area contributed by atoms with Crippen LogP contribution in [0.5, 0.6) is 11.5 Å². The number of nitrogens with two attached hydrogens (primary N) is 1. The number of carbonyl (C=O) groups excluding carboxylic acids is 2. The number of nitriles is 1. The fourth-order valence-corrected chi connectivity index (χ4v) is 3.38. The lowest BCUT2D eigenvalue weighted by Crippen LogP contribution is -2.21. The van der Waals surface area contributed by atoms with Crippen LogP contribution in [-0.4, -0.2) is 24.2 Å². The molecule has 0 aliphatic rings. The fourth-order valence-electron chi connectivity index (χ4n) is 3.38. The van der Waals surface area contributed by atoms with Crippen LogP contribution in [-0.2, 0) is 9.53 Å². The average molecular weight is 487 g/mol. The summed E-state index contributed by atoms with van der Waals surface area (Å²) in [7, 11) is 1.43. The van der Waals surface area contributed by atoms with Gasteiger partial charge in [0.2, 0.25) is 5.91 Å². The van der Waals surface area contributed by atoms with Crippen LogP contribution < -0.4 is 21.1 Å². The molecule has 0 aliphatic carbocycles. The Morgan fingerprint density at radius 1 is 1.08 bits per heavy atom. The molecule has 2 atom stereocenters. The molecule has 3 aromatic rings. The second kappa shape index (κ2) is 11.9. The molecule has 3 aromatic carbocycles. The predicted molar refractivity (Wildman–Crippen MR) is 136 cm³/mol. The van der Waals surface area contributed by atoms with E-state index >= 15 is 0 Å². The zero-order valence-electron chi connectivity index (χ0n) is 19.8. The van der Waals surface area contributed by atoms with Crippen LogP contribution in [0.15, 0.2) is 78.9 Å². The third-order valence-corrected chi connectivity index (χ3v) is 5.27. The van der Waals surface area contributed by atoms with E-state index in [4.69, 9.17) is 20.5 Å². The minimum atomic E-state index is -0.856. The van der Waals surface area contributed by atoms with Gasteiger partial charge >= 0.3 is 6.09 Å². The number of ether oxygens (including phenoxy) is 2. The Kier molecular flexibility index (Phi) is 8.51. The molecule has 0 saturated heterocycles. The number of aromatic hydroxyl groups is 1. The van der Waals surface area contributed by atoms with Crippen molar-refractivity contribution < 1.29 is 24.2 Å². The molecular formula is C27H26N4O5. The van der Waals surface area contributed by atoms with Crippen LogP contribution in [0.3, 0.4) is 0 Å². The number of hydrogen-bond donors (Lipinski definition) is 4. The molecular weight excluding hydrogens is 460 g/mol. The molecule has 0 spiro atoms. The summed E-state index contributed by atoms with van der Waals surface area (Å²) in [4.78, 5) is 25.1. The van der Waals surface area contributed by atoms with Gasteiger partial charge in [-0.2, -0.15) is 5.26 Å². The third kappa shape index (κ3) is 6.77. The number of rotatable bonds is 8. The Hall–Kier alpha value is -4.97. The van der Waals surface area contributed by atoms with E-state index < -0.39 is 24.0 Å². The van der Waals surface area contributed by atoms with Crippen LogP contribution in [0.25, 0.3) is 0 Å². The maximum absolute atomic E-state index is 12.7. The highest BCUT2D eigenvalue weighted by Gasteiger charge is 2.24. The lowest BCUT2D eigenvalue weighted by molar-refractivity contribution is -0.111. The first-order chi connectivity index (χ1) is 17.3. The second-order valence-corrected chi connectivity index (χ2v) is 7.87. The van der Waals surface area contributed by atoms with Crippen LogP contribution in [0.4, 0.5) is 21.9 Å². The maximum atomic E-state index is 12.7. The van der Waals surface area contributed by atoms with Gasteiger partial charge in [0.05, 0.1) is 30.1 Å². The molecule has 0 fully saturated rings. The third-order valence-electron chi connectivity index (χ3n) is 5.27. The molecule has 2 amide bonds. The van der Waals surface area contributed by atoms with E-state index in [1.807, 2.05) is 6.07 Å². The largest absolute Gasteiger partial charge is 0.504 e. The predicted octanol–water partition coefficient (Wildman–Crippen LogP) is 4.98. The summed E-state index contributed by atoms with van der Waals surface area (Å²) in [5.41, 5.74) is 8.17. The maximum Gasteiger partial charge on any atom is 0.412 e. The minimum Gasteiger partial charge on any atom is -0.504 e. The van der Waals surface area contributed by atoms with Gasteiger partial charge in [0, 0.05) is 11.6 Å². The molecule has 9 heteroatoms. The first-order valence-corrected chi connectivity index (χ1v) is 11.0. The van der Waals surface area contributed by atoms with E-state index in [2.05, 4.69) is 10.6 Å². The van der Waals surface area contributed by atoms with Crippen molar-refractivity contribution in [2.75, 3.05) is 23.5 Å². The van der Waals surface area contributed by atoms with Crippen LogP contribution in [0.1, 0.15) is 24.2 Å². The van der Waals surface area contributed by atoms with Gasteiger partial charge in [0.15, 0.2) is 11.5 Å². The van der Waals surface area contributed by atoms with Crippen molar-refractivity contribution in [3.05, 3.63) is 90.0 Å². The van der Waals surface area contributed by atoms with Crippen molar-refractivity contribution in [1.29, 1.82) is 5.26 Å². The SMILES string of the molecule is COc1ccc([C@@H](OC(=O)Nc2ccc(C#N)cc2)[C@@H](C)/C=C/C(=O)Nc2ccccc2N)cc1O. The number of nitrogen functional groups attached to an aromatic ring is 1. The normalized spacial score (nSPS) is 12.2. The molecule has 3 rings (SSSR count). The molecule has 5 N–H and O–H groups in total. The Balaban J connectivity index is 1.78. The Morgan fingerprint density at radius 3 is 2.44 bits per heavy atom. The van der Waals surface area contributed by atoms with E-state index in [-0.39, 0.29) is 11.5 Å². The van der Waals surface area contributed by atoms with Gasteiger partial charge < -0.3 is 25.6 Å². The number of phenols is 1. The highest BCUT2D eigenvalue weighted by Crippen LogP contribution is 2.34. The monoisotopic (exact) mass is 486 g/mol. The number of phenolic OH excluding ortho intramolecular Hbond substituents is 1. The summed E-state index contributed by atoms with van der Waals surface area (Å²) in [5.74, 6) is -0.728. The van der Waals surface area contributed by atoms with Gasteiger partial charge in [-0.05, 0) is 60.2 Å². The van der Waals surface area contributed by atoms with Gasteiger partial charge in [-0.25, -0.2) is 4.79 Å². The van der Waals surface area contributed by atoms with E-state index in [0.29, 0.717) is 28.2 Å². The highest BCUT2D eigenvalue weighted by atomic mass is 16.6. The van der Waals surface area contributed by atoms with Crippen molar-refractivity contribution in [3.8, 4) is 17.6 Å². The zero-order valence-corrected chi connectivity index (χ0v) is 19.8. The number of nitrogens with one attached hydrogen (secondary N) is 2. The molecule has 0 aromatic heterocycles. The minimum absolute atomic E-state index is 0.121. The number of anilines is 3. The number of nitrogens with zero attached hydrogens (tertiary/aromatic N) is 1. The Labute approximate surface area is 208 Å². The highest BCUT2D eigenvalue weighted by molar-refractivity contribution is 6.01. The van der Waals surface area contributed by atoms with E-state index in [1.54, 1.807) is 73.7 Å². The summed E-state index contributed by atoms with van der Waals surface area (Å²) in [6.07, 6.45) is 1.32. The Morgan fingerprint density at radius 2 is 1.81 bits per heavy atom. The first kappa shape index (κ1) is 25.6.